The number of halogens is 2. The Morgan fingerprint density at radius 3 is 2.25 bits per heavy atom. The molecule has 0 bridgehead atoms. The summed E-state index contributed by atoms with van der Waals surface area (Å²) in [6, 6.07) is 11.8. The van der Waals surface area contributed by atoms with E-state index in [1.165, 1.54) is 30.3 Å². The Morgan fingerprint density at radius 1 is 0.938 bits per heavy atom. The molecule has 0 aromatic heterocycles. The zero-order valence-electron chi connectivity index (χ0n) is 18.1. The molecule has 2 amide bonds. The van der Waals surface area contributed by atoms with Gasteiger partial charge in [0.1, 0.15) is 11.6 Å². The molecule has 1 atom stereocenters. The van der Waals surface area contributed by atoms with Crippen molar-refractivity contribution in [2.75, 3.05) is 26.2 Å². The number of nitrogens with zero attached hydrogens (tertiary/aromatic N) is 2. The summed E-state index contributed by atoms with van der Waals surface area (Å²) in [5, 5.41) is 2.94. The number of carbonyl (C=O) groups excluding carboxylic acids is 2. The van der Waals surface area contributed by atoms with Crippen LogP contribution in [0, 0.1) is 17.6 Å². The summed E-state index contributed by atoms with van der Waals surface area (Å²) in [5.41, 5.74) is 0.940. The minimum atomic E-state index is -0.368. The molecular weight excluding hydrogens is 412 g/mol. The number of benzene rings is 2. The van der Waals surface area contributed by atoms with E-state index in [9.17, 15) is 18.4 Å². The molecule has 2 aliphatic rings. The third-order valence-electron chi connectivity index (χ3n) is 6.61. The van der Waals surface area contributed by atoms with Crippen LogP contribution >= 0.6 is 0 Å². The summed E-state index contributed by atoms with van der Waals surface area (Å²) in [6.45, 7) is 2.39. The van der Waals surface area contributed by atoms with Crippen molar-refractivity contribution in [3.8, 4) is 0 Å². The molecule has 1 aliphatic heterocycles. The van der Waals surface area contributed by atoms with E-state index in [-0.39, 0.29) is 42.0 Å². The quantitative estimate of drug-likeness (QED) is 0.745. The van der Waals surface area contributed by atoms with Crippen molar-refractivity contribution in [1.29, 1.82) is 0 Å². The molecule has 0 radical (unpaired) electrons. The second-order valence-electron chi connectivity index (χ2n) is 8.63. The second-order valence-corrected chi connectivity index (χ2v) is 8.63. The molecule has 1 saturated heterocycles. The molecular formula is C25H29F2N3O2. The average molecular weight is 442 g/mol. The fourth-order valence-electron chi connectivity index (χ4n) is 4.86. The van der Waals surface area contributed by atoms with Crippen LogP contribution in [0.25, 0.3) is 0 Å². The Labute approximate surface area is 187 Å². The van der Waals surface area contributed by atoms with Crippen LogP contribution in [0.2, 0.25) is 0 Å². The Hall–Kier alpha value is -2.80. The van der Waals surface area contributed by atoms with E-state index in [0.29, 0.717) is 37.3 Å². The summed E-state index contributed by atoms with van der Waals surface area (Å²) in [4.78, 5) is 29.9. The van der Waals surface area contributed by atoms with Gasteiger partial charge in [-0.1, -0.05) is 31.0 Å². The van der Waals surface area contributed by atoms with E-state index in [1.807, 2.05) is 0 Å². The first kappa shape index (κ1) is 22.4. The van der Waals surface area contributed by atoms with Crippen LogP contribution in [-0.4, -0.2) is 53.8 Å². The van der Waals surface area contributed by atoms with E-state index in [4.69, 9.17) is 0 Å². The molecule has 32 heavy (non-hydrogen) atoms. The number of rotatable bonds is 6. The van der Waals surface area contributed by atoms with Crippen molar-refractivity contribution in [3.05, 3.63) is 71.3 Å². The van der Waals surface area contributed by atoms with E-state index in [2.05, 4.69) is 10.2 Å². The predicted molar refractivity (Wildman–Crippen MR) is 118 cm³/mol. The molecule has 2 aromatic carbocycles. The third kappa shape index (κ3) is 5.15. The molecule has 2 aromatic rings. The average Bonchev–Trinajstić information content (AvgIpc) is 3.33. The first-order valence-electron chi connectivity index (χ1n) is 11.3. The van der Waals surface area contributed by atoms with Gasteiger partial charge in [-0.2, -0.15) is 0 Å². The number of piperazine rings is 1. The van der Waals surface area contributed by atoms with Crippen molar-refractivity contribution in [2.45, 2.75) is 38.3 Å². The van der Waals surface area contributed by atoms with Gasteiger partial charge in [0.05, 0.1) is 6.04 Å². The monoisotopic (exact) mass is 441 g/mol. The molecule has 0 spiro atoms. The van der Waals surface area contributed by atoms with E-state index < -0.39 is 0 Å². The number of amides is 2. The molecule has 1 heterocycles. The lowest BCUT2D eigenvalue weighted by Crippen LogP contribution is -2.57. The van der Waals surface area contributed by atoms with Crippen LogP contribution in [0.5, 0.6) is 0 Å². The summed E-state index contributed by atoms with van der Waals surface area (Å²) < 4.78 is 27.1. The highest BCUT2D eigenvalue weighted by Crippen LogP contribution is 2.31. The van der Waals surface area contributed by atoms with Crippen molar-refractivity contribution in [2.24, 2.45) is 5.92 Å². The van der Waals surface area contributed by atoms with Crippen molar-refractivity contribution < 1.29 is 18.4 Å². The van der Waals surface area contributed by atoms with Gasteiger partial charge in [-0.25, -0.2) is 8.78 Å². The van der Waals surface area contributed by atoms with Gasteiger partial charge in [0.2, 0.25) is 5.91 Å². The summed E-state index contributed by atoms with van der Waals surface area (Å²) >= 11 is 0. The number of nitrogens with one attached hydrogen (secondary N) is 1. The lowest BCUT2D eigenvalue weighted by molar-refractivity contribution is -0.129. The Morgan fingerprint density at radius 2 is 1.59 bits per heavy atom. The zero-order chi connectivity index (χ0) is 22.5. The predicted octanol–water partition coefficient (Wildman–Crippen LogP) is 3.60. The highest BCUT2D eigenvalue weighted by atomic mass is 19.1. The molecule has 1 N–H and O–H groups in total. The second kappa shape index (κ2) is 10.2. The zero-order valence-corrected chi connectivity index (χ0v) is 18.1. The standard InChI is InChI=1S/C25H29F2N3O2/c26-21-11-9-19(10-12-21)25(32)30-15-13-29(14-16-30)23(18-5-1-2-6-18)24(31)28-17-20-7-3-4-8-22(20)27/h3-4,7-12,18,23H,1-2,5-6,13-17H2,(H,28,31). The third-order valence-corrected chi connectivity index (χ3v) is 6.61. The summed E-state index contributed by atoms with van der Waals surface area (Å²) in [5.74, 6) is -0.607. The van der Waals surface area contributed by atoms with Crippen LogP contribution in [0.15, 0.2) is 48.5 Å². The van der Waals surface area contributed by atoms with Crippen molar-refractivity contribution >= 4 is 11.8 Å². The molecule has 1 unspecified atom stereocenters. The SMILES string of the molecule is O=C(NCc1ccccc1F)C(C1CCCC1)N1CCN(C(=O)c2ccc(F)cc2)CC1. The highest BCUT2D eigenvalue weighted by molar-refractivity contribution is 5.94. The first-order chi connectivity index (χ1) is 15.5. The fourth-order valence-corrected chi connectivity index (χ4v) is 4.86. The van der Waals surface area contributed by atoms with Crippen molar-refractivity contribution in [1.82, 2.24) is 15.1 Å². The molecule has 7 heteroatoms. The topological polar surface area (TPSA) is 52.7 Å². The van der Waals surface area contributed by atoms with Gasteiger partial charge in [-0.15, -0.1) is 0 Å². The molecule has 2 fully saturated rings. The Bertz CT molecular complexity index is 936. The van der Waals surface area contributed by atoms with Gasteiger partial charge in [0, 0.05) is 43.9 Å². The van der Waals surface area contributed by atoms with E-state index in [1.54, 1.807) is 23.1 Å². The van der Waals surface area contributed by atoms with Crippen LogP contribution in [-0.2, 0) is 11.3 Å². The van der Waals surface area contributed by atoms with Crippen LogP contribution in [0.3, 0.4) is 0 Å². The van der Waals surface area contributed by atoms with E-state index >= 15 is 0 Å². The number of hydrogen-bond donors (Lipinski definition) is 1. The maximum Gasteiger partial charge on any atom is 0.253 e. The number of carbonyl (C=O) groups is 2. The lowest BCUT2D eigenvalue weighted by Gasteiger charge is -2.40. The van der Waals surface area contributed by atoms with Crippen molar-refractivity contribution in [3.63, 3.8) is 0 Å². The normalized spacial score (nSPS) is 18.5. The Kier molecular flexibility index (Phi) is 7.15. The largest absolute Gasteiger partial charge is 0.351 e. The van der Waals surface area contributed by atoms with Gasteiger partial charge in [0.25, 0.3) is 5.91 Å². The van der Waals surface area contributed by atoms with E-state index in [0.717, 1.165) is 25.7 Å². The van der Waals surface area contributed by atoms with Crippen LogP contribution in [0.4, 0.5) is 8.78 Å². The fraction of sp³-hybridized carbons (Fsp3) is 0.440. The molecule has 1 saturated carbocycles. The Balaban J connectivity index is 1.39. The van der Waals surface area contributed by atoms with Gasteiger partial charge >= 0.3 is 0 Å². The minimum Gasteiger partial charge on any atom is -0.351 e. The van der Waals surface area contributed by atoms with Gasteiger partial charge < -0.3 is 10.2 Å². The maximum absolute atomic E-state index is 14.0. The molecule has 5 nitrogen and oxygen atoms in total. The summed E-state index contributed by atoms with van der Waals surface area (Å²) in [6.07, 6.45) is 4.24. The minimum absolute atomic E-state index is 0.0709. The molecule has 1 aliphatic carbocycles. The van der Waals surface area contributed by atoms with Gasteiger partial charge in [-0.3, -0.25) is 14.5 Å². The summed E-state index contributed by atoms with van der Waals surface area (Å²) in [7, 11) is 0. The van der Waals surface area contributed by atoms with Gasteiger partial charge in [-0.05, 0) is 49.1 Å². The molecule has 4 rings (SSSR count). The maximum atomic E-state index is 14.0. The van der Waals surface area contributed by atoms with Crippen LogP contribution < -0.4 is 5.32 Å². The number of hydrogen-bond acceptors (Lipinski definition) is 3. The van der Waals surface area contributed by atoms with Gasteiger partial charge in [0.15, 0.2) is 0 Å². The molecule has 170 valence electrons. The first-order valence-corrected chi connectivity index (χ1v) is 11.3. The smallest absolute Gasteiger partial charge is 0.253 e. The highest BCUT2D eigenvalue weighted by Gasteiger charge is 2.37. The van der Waals surface area contributed by atoms with Crippen LogP contribution in [0.1, 0.15) is 41.6 Å². The lowest BCUT2D eigenvalue weighted by atomic mass is 9.94.